The number of hydrogen-bond donors (Lipinski definition) is 3. The fraction of sp³-hybridized carbons (Fsp3) is 0.389. The molecule has 1 aliphatic rings. The van der Waals surface area contributed by atoms with Crippen molar-refractivity contribution >= 4 is 17.7 Å². The fourth-order valence-electron chi connectivity index (χ4n) is 2.87. The number of halogens is 3. The van der Waals surface area contributed by atoms with Gasteiger partial charge in [0.15, 0.2) is 5.82 Å². The van der Waals surface area contributed by atoms with Gasteiger partial charge in [0.05, 0.1) is 0 Å². The predicted octanol–water partition coefficient (Wildman–Crippen LogP) is 3.88. The average Bonchev–Trinajstić information content (AvgIpc) is 3.27. The number of alkyl halides is 3. The summed E-state index contributed by atoms with van der Waals surface area (Å²) in [6.07, 6.45) is -0.600. The highest BCUT2D eigenvalue weighted by atomic mass is 19.4. The van der Waals surface area contributed by atoms with E-state index >= 15 is 0 Å². The second-order valence-corrected chi connectivity index (χ2v) is 6.55. The molecule has 144 valence electrons. The zero-order valence-electron chi connectivity index (χ0n) is 14.7. The molecule has 0 bridgehead atoms. The first-order valence-electron chi connectivity index (χ1n) is 8.67. The largest absolute Gasteiger partial charge is 0.432 e. The van der Waals surface area contributed by atoms with Crippen molar-refractivity contribution in [2.75, 3.05) is 5.32 Å². The van der Waals surface area contributed by atoms with Gasteiger partial charge >= 0.3 is 6.18 Å². The smallest absolute Gasteiger partial charge is 0.353 e. The van der Waals surface area contributed by atoms with E-state index in [0.29, 0.717) is 5.56 Å². The minimum atomic E-state index is -4.53. The Kier molecular flexibility index (Phi) is 5.48. The van der Waals surface area contributed by atoms with Crippen LogP contribution in [0.1, 0.15) is 47.3 Å². The number of aromatic nitrogens is 2. The molecule has 27 heavy (non-hydrogen) atoms. The normalized spacial score (nSPS) is 15.8. The van der Waals surface area contributed by atoms with Crippen molar-refractivity contribution in [3.63, 3.8) is 0 Å². The number of guanidine groups is 1. The van der Waals surface area contributed by atoms with Crippen LogP contribution in [0.2, 0.25) is 0 Å². The Morgan fingerprint density at radius 2 is 1.89 bits per heavy atom. The standard InChI is InChI=1S/C18H20F3N5O/c1-11-6-8-12(9-7-11)16(27)24-17(22-13-4-2-3-5-13)23-15-10-14(25-26-15)18(19,20)21/h6-10,13H,2-5H2,1H3,(H3,22,23,24,25,26,27). The number of amides is 1. The third-order valence-electron chi connectivity index (χ3n) is 4.34. The van der Waals surface area contributed by atoms with E-state index in [1.54, 1.807) is 24.3 Å². The van der Waals surface area contributed by atoms with Gasteiger partial charge in [0.25, 0.3) is 5.91 Å². The summed E-state index contributed by atoms with van der Waals surface area (Å²) >= 11 is 0. The number of aromatic amines is 1. The predicted molar refractivity (Wildman–Crippen MR) is 95.5 cm³/mol. The van der Waals surface area contributed by atoms with E-state index in [1.807, 2.05) is 12.0 Å². The molecule has 2 aromatic rings. The fourth-order valence-corrected chi connectivity index (χ4v) is 2.87. The van der Waals surface area contributed by atoms with Crippen LogP contribution in [0.4, 0.5) is 19.0 Å². The van der Waals surface area contributed by atoms with Gasteiger partial charge < -0.3 is 10.6 Å². The minimum absolute atomic E-state index is 0.0664. The third kappa shape index (κ3) is 5.08. The maximum absolute atomic E-state index is 12.7. The lowest BCUT2D eigenvalue weighted by Gasteiger charge is -2.15. The SMILES string of the molecule is Cc1ccc(C(=O)/N=C(\Nc2cc(C(F)(F)F)[nH]n2)NC2CCCC2)cc1. The van der Waals surface area contributed by atoms with E-state index in [1.165, 1.54) is 0 Å². The monoisotopic (exact) mass is 379 g/mol. The highest BCUT2D eigenvalue weighted by Gasteiger charge is 2.33. The van der Waals surface area contributed by atoms with Gasteiger partial charge in [-0.3, -0.25) is 9.89 Å². The Hall–Kier alpha value is -2.84. The number of hydrogen-bond acceptors (Lipinski definition) is 2. The molecule has 0 saturated heterocycles. The number of nitrogens with one attached hydrogen (secondary N) is 3. The van der Waals surface area contributed by atoms with Crippen LogP contribution in [0, 0.1) is 6.92 Å². The first-order valence-corrected chi connectivity index (χ1v) is 8.67. The van der Waals surface area contributed by atoms with Crippen molar-refractivity contribution in [2.45, 2.75) is 44.8 Å². The van der Waals surface area contributed by atoms with E-state index in [2.05, 4.69) is 20.7 Å². The summed E-state index contributed by atoms with van der Waals surface area (Å²) in [5.74, 6) is -0.467. The van der Waals surface area contributed by atoms with Crippen molar-refractivity contribution < 1.29 is 18.0 Å². The molecule has 0 aliphatic heterocycles. The molecule has 0 unspecified atom stereocenters. The Morgan fingerprint density at radius 1 is 1.22 bits per heavy atom. The lowest BCUT2D eigenvalue weighted by molar-refractivity contribution is -0.141. The molecule has 0 atom stereocenters. The van der Waals surface area contributed by atoms with Crippen molar-refractivity contribution in [1.29, 1.82) is 0 Å². The Balaban J connectivity index is 1.80. The lowest BCUT2D eigenvalue weighted by atomic mass is 10.1. The molecule has 9 heteroatoms. The molecule has 3 N–H and O–H groups in total. The second-order valence-electron chi connectivity index (χ2n) is 6.55. The Morgan fingerprint density at radius 3 is 2.48 bits per heavy atom. The molecular weight excluding hydrogens is 359 g/mol. The summed E-state index contributed by atoms with van der Waals surface area (Å²) in [4.78, 5) is 16.4. The van der Waals surface area contributed by atoms with Crippen LogP contribution in [0.25, 0.3) is 0 Å². The van der Waals surface area contributed by atoms with Gasteiger partial charge in [0, 0.05) is 17.7 Å². The van der Waals surface area contributed by atoms with Gasteiger partial charge in [-0.25, -0.2) is 0 Å². The molecule has 1 heterocycles. The van der Waals surface area contributed by atoms with Crippen LogP contribution >= 0.6 is 0 Å². The van der Waals surface area contributed by atoms with Gasteiger partial charge in [-0.05, 0) is 31.9 Å². The summed E-state index contributed by atoms with van der Waals surface area (Å²) in [6, 6.07) is 7.85. The van der Waals surface area contributed by atoms with E-state index < -0.39 is 17.8 Å². The minimum Gasteiger partial charge on any atom is -0.353 e. The summed E-state index contributed by atoms with van der Waals surface area (Å²) < 4.78 is 38.2. The topological polar surface area (TPSA) is 82.2 Å². The number of aryl methyl sites for hydroxylation is 1. The molecule has 1 saturated carbocycles. The number of carbonyl (C=O) groups excluding carboxylic acids is 1. The van der Waals surface area contributed by atoms with E-state index in [-0.39, 0.29) is 17.8 Å². The van der Waals surface area contributed by atoms with Crippen molar-refractivity contribution in [1.82, 2.24) is 15.5 Å². The molecule has 1 aliphatic carbocycles. The summed E-state index contributed by atoms with van der Waals surface area (Å²) in [7, 11) is 0. The Bertz CT molecular complexity index is 820. The zero-order chi connectivity index (χ0) is 19.4. The highest BCUT2D eigenvalue weighted by molar-refractivity contribution is 6.06. The van der Waals surface area contributed by atoms with Gasteiger partial charge in [0.2, 0.25) is 5.96 Å². The van der Waals surface area contributed by atoms with Gasteiger partial charge in [-0.1, -0.05) is 30.5 Å². The number of rotatable bonds is 3. The molecule has 6 nitrogen and oxygen atoms in total. The van der Waals surface area contributed by atoms with Crippen LogP contribution in [-0.4, -0.2) is 28.1 Å². The second kappa shape index (κ2) is 7.81. The number of anilines is 1. The number of aliphatic imine (C=N–C) groups is 1. The van der Waals surface area contributed by atoms with Crippen LogP contribution in [0.3, 0.4) is 0 Å². The third-order valence-corrected chi connectivity index (χ3v) is 4.34. The van der Waals surface area contributed by atoms with Crippen molar-refractivity contribution in [2.24, 2.45) is 4.99 Å². The molecule has 1 fully saturated rings. The average molecular weight is 379 g/mol. The van der Waals surface area contributed by atoms with Crippen LogP contribution in [0.15, 0.2) is 35.3 Å². The number of carbonyl (C=O) groups is 1. The van der Waals surface area contributed by atoms with Gasteiger partial charge in [-0.15, -0.1) is 0 Å². The summed E-state index contributed by atoms with van der Waals surface area (Å²) in [6.45, 7) is 1.90. The maximum atomic E-state index is 12.7. The van der Waals surface area contributed by atoms with Gasteiger partial charge in [0.1, 0.15) is 5.69 Å². The number of H-pyrrole nitrogens is 1. The molecule has 1 aromatic heterocycles. The number of nitrogens with zero attached hydrogens (tertiary/aromatic N) is 2. The maximum Gasteiger partial charge on any atom is 0.432 e. The van der Waals surface area contributed by atoms with Crippen LogP contribution in [-0.2, 0) is 6.18 Å². The van der Waals surface area contributed by atoms with Crippen molar-refractivity contribution in [3.8, 4) is 0 Å². The zero-order valence-corrected chi connectivity index (χ0v) is 14.7. The van der Waals surface area contributed by atoms with E-state index in [4.69, 9.17) is 0 Å². The molecule has 1 amide bonds. The van der Waals surface area contributed by atoms with Crippen molar-refractivity contribution in [3.05, 3.63) is 47.2 Å². The van der Waals surface area contributed by atoms with Crippen LogP contribution in [0.5, 0.6) is 0 Å². The first-order chi connectivity index (χ1) is 12.8. The molecule has 0 spiro atoms. The lowest BCUT2D eigenvalue weighted by Crippen LogP contribution is -2.38. The summed E-state index contributed by atoms with van der Waals surface area (Å²) in [5.41, 5.74) is 0.426. The molecule has 0 radical (unpaired) electrons. The molecular formula is C18H20F3N5O. The molecule has 3 rings (SSSR count). The highest BCUT2D eigenvalue weighted by Crippen LogP contribution is 2.28. The molecule has 1 aromatic carbocycles. The first kappa shape index (κ1) is 18.9. The van der Waals surface area contributed by atoms with Gasteiger partial charge in [-0.2, -0.15) is 23.3 Å². The number of benzene rings is 1. The summed E-state index contributed by atoms with van der Waals surface area (Å²) in [5, 5.41) is 11.3. The van der Waals surface area contributed by atoms with Crippen LogP contribution < -0.4 is 10.6 Å². The quantitative estimate of drug-likeness (QED) is 0.558. The Labute approximate surface area is 154 Å². The van der Waals surface area contributed by atoms with E-state index in [0.717, 1.165) is 37.3 Å². The van der Waals surface area contributed by atoms with E-state index in [9.17, 15) is 18.0 Å².